The first-order chi connectivity index (χ1) is 7.38. The number of pyridine rings is 1. The number of nitrogens with zero attached hydrogens (tertiary/aromatic N) is 4. The normalized spacial score (nSPS) is 16.2. The standard InChI is InChI=1S/C11H10N4/c12-5-8-4-9-7-14-15(10-2-1-3-10)11(9)13-6-8/h4,6-7,10H,1-3H2. The molecule has 0 aliphatic heterocycles. The zero-order valence-corrected chi connectivity index (χ0v) is 8.22. The third-order valence-corrected chi connectivity index (χ3v) is 2.98. The van der Waals surface area contributed by atoms with Gasteiger partial charge < -0.3 is 0 Å². The van der Waals surface area contributed by atoms with Crippen molar-refractivity contribution in [2.45, 2.75) is 25.3 Å². The molecule has 3 rings (SSSR count). The summed E-state index contributed by atoms with van der Waals surface area (Å²) >= 11 is 0. The van der Waals surface area contributed by atoms with Crippen molar-refractivity contribution in [3.8, 4) is 6.07 Å². The van der Waals surface area contributed by atoms with Gasteiger partial charge in [-0.3, -0.25) is 0 Å². The van der Waals surface area contributed by atoms with Crippen molar-refractivity contribution in [1.82, 2.24) is 14.8 Å². The van der Waals surface area contributed by atoms with E-state index in [9.17, 15) is 0 Å². The zero-order chi connectivity index (χ0) is 10.3. The lowest BCUT2D eigenvalue weighted by molar-refractivity contribution is 0.296. The average molecular weight is 198 g/mol. The molecule has 0 spiro atoms. The van der Waals surface area contributed by atoms with Crippen molar-refractivity contribution in [3.63, 3.8) is 0 Å². The van der Waals surface area contributed by atoms with E-state index < -0.39 is 0 Å². The van der Waals surface area contributed by atoms with Crippen LogP contribution in [-0.4, -0.2) is 14.8 Å². The summed E-state index contributed by atoms with van der Waals surface area (Å²) < 4.78 is 1.99. The lowest BCUT2D eigenvalue weighted by atomic mass is 9.93. The molecule has 0 unspecified atom stereocenters. The van der Waals surface area contributed by atoms with Crippen LogP contribution in [0.4, 0.5) is 0 Å². The van der Waals surface area contributed by atoms with Crippen LogP contribution in [-0.2, 0) is 0 Å². The van der Waals surface area contributed by atoms with E-state index in [1.54, 1.807) is 12.4 Å². The molecule has 0 atom stereocenters. The first-order valence-electron chi connectivity index (χ1n) is 5.12. The summed E-state index contributed by atoms with van der Waals surface area (Å²) in [4.78, 5) is 4.29. The number of hydrogen-bond acceptors (Lipinski definition) is 3. The molecule has 0 bridgehead atoms. The highest BCUT2D eigenvalue weighted by atomic mass is 15.3. The van der Waals surface area contributed by atoms with Crippen molar-refractivity contribution >= 4 is 11.0 Å². The van der Waals surface area contributed by atoms with E-state index in [-0.39, 0.29) is 0 Å². The molecule has 2 heterocycles. The number of fused-ring (bicyclic) bond motifs is 1. The molecule has 0 N–H and O–H groups in total. The van der Waals surface area contributed by atoms with Gasteiger partial charge in [0.2, 0.25) is 0 Å². The molecule has 2 aromatic heterocycles. The van der Waals surface area contributed by atoms with Gasteiger partial charge in [-0.15, -0.1) is 0 Å². The maximum atomic E-state index is 8.75. The Morgan fingerprint density at radius 2 is 2.27 bits per heavy atom. The van der Waals surface area contributed by atoms with Gasteiger partial charge in [0.25, 0.3) is 0 Å². The van der Waals surface area contributed by atoms with Crippen LogP contribution in [0.25, 0.3) is 11.0 Å². The molecular formula is C11H10N4. The maximum absolute atomic E-state index is 8.75. The van der Waals surface area contributed by atoms with Gasteiger partial charge in [0.15, 0.2) is 5.65 Å². The van der Waals surface area contributed by atoms with E-state index >= 15 is 0 Å². The van der Waals surface area contributed by atoms with Crippen molar-refractivity contribution in [3.05, 3.63) is 24.0 Å². The van der Waals surface area contributed by atoms with Crippen molar-refractivity contribution < 1.29 is 0 Å². The van der Waals surface area contributed by atoms with E-state index in [4.69, 9.17) is 5.26 Å². The van der Waals surface area contributed by atoms with Crippen molar-refractivity contribution in [2.75, 3.05) is 0 Å². The van der Waals surface area contributed by atoms with E-state index in [0.29, 0.717) is 11.6 Å². The average Bonchev–Trinajstić information content (AvgIpc) is 2.59. The predicted molar refractivity (Wildman–Crippen MR) is 55.1 cm³/mol. The molecule has 1 fully saturated rings. The van der Waals surface area contributed by atoms with E-state index in [1.807, 2.05) is 10.7 Å². The van der Waals surface area contributed by atoms with Gasteiger partial charge in [0.1, 0.15) is 6.07 Å². The Morgan fingerprint density at radius 1 is 1.40 bits per heavy atom. The van der Waals surface area contributed by atoms with Gasteiger partial charge in [-0.1, -0.05) is 0 Å². The fraction of sp³-hybridized carbons (Fsp3) is 0.364. The number of aromatic nitrogens is 3. The second kappa shape index (κ2) is 3.06. The minimum absolute atomic E-state index is 0.517. The molecule has 2 aromatic rings. The molecule has 0 radical (unpaired) electrons. The summed E-state index contributed by atoms with van der Waals surface area (Å²) in [6.07, 6.45) is 7.07. The van der Waals surface area contributed by atoms with Crippen molar-refractivity contribution in [2.24, 2.45) is 0 Å². The number of rotatable bonds is 1. The van der Waals surface area contributed by atoms with Crippen LogP contribution in [0.3, 0.4) is 0 Å². The summed E-state index contributed by atoms with van der Waals surface area (Å²) in [6.45, 7) is 0. The largest absolute Gasteiger partial charge is 0.244 e. The Labute approximate surface area is 87.2 Å². The monoisotopic (exact) mass is 198 g/mol. The minimum atomic E-state index is 0.517. The lowest BCUT2D eigenvalue weighted by Crippen LogP contribution is -2.18. The SMILES string of the molecule is N#Cc1cnc2c(cnn2C2CCC2)c1. The van der Waals surface area contributed by atoms with Gasteiger partial charge in [-0.05, 0) is 25.3 Å². The van der Waals surface area contributed by atoms with Gasteiger partial charge in [-0.2, -0.15) is 10.4 Å². The molecule has 4 nitrogen and oxygen atoms in total. The molecule has 0 saturated heterocycles. The Bertz CT molecular complexity index is 545. The molecule has 4 heteroatoms. The quantitative estimate of drug-likeness (QED) is 0.704. The fourth-order valence-electron chi connectivity index (χ4n) is 1.90. The molecule has 0 amide bonds. The molecule has 1 saturated carbocycles. The Balaban J connectivity index is 2.14. The second-order valence-corrected chi connectivity index (χ2v) is 3.92. The van der Waals surface area contributed by atoms with Gasteiger partial charge in [0, 0.05) is 11.6 Å². The zero-order valence-electron chi connectivity index (χ0n) is 8.22. The number of hydrogen-bond donors (Lipinski definition) is 0. The van der Waals surface area contributed by atoms with E-state index in [0.717, 1.165) is 11.0 Å². The van der Waals surface area contributed by atoms with Crippen LogP contribution in [0, 0.1) is 11.3 Å². The summed E-state index contributed by atoms with van der Waals surface area (Å²) in [5, 5.41) is 14.0. The third kappa shape index (κ3) is 1.20. The molecule has 1 aliphatic rings. The summed E-state index contributed by atoms with van der Waals surface area (Å²) in [5.74, 6) is 0. The third-order valence-electron chi connectivity index (χ3n) is 2.98. The van der Waals surface area contributed by atoms with E-state index in [2.05, 4.69) is 16.2 Å². The first-order valence-corrected chi connectivity index (χ1v) is 5.12. The lowest BCUT2D eigenvalue weighted by Gasteiger charge is -2.25. The van der Waals surface area contributed by atoms with Crippen LogP contribution in [0.15, 0.2) is 18.5 Å². The molecule has 0 aromatic carbocycles. The van der Waals surface area contributed by atoms with Crippen LogP contribution in [0.2, 0.25) is 0 Å². The fourth-order valence-corrected chi connectivity index (χ4v) is 1.90. The van der Waals surface area contributed by atoms with Crippen LogP contribution in [0.5, 0.6) is 0 Å². The Kier molecular flexibility index (Phi) is 1.72. The molecule has 1 aliphatic carbocycles. The summed E-state index contributed by atoms with van der Waals surface area (Å²) in [7, 11) is 0. The Morgan fingerprint density at radius 3 is 2.93 bits per heavy atom. The van der Waals surface area contributed by atoms with Gasteiger partial charge in [-0.25, -0.2) is 9.67 Å². The van der Waals surface area contributed by atoms with Crippen LogP contribution >= 0.6 is 0 Å². The molecular weight excluding hydrogens is 188 g/mol. The highest BCUT2D eigenvalue weighted by molar-refractivity contribution is 5.75. The minimum Gasteiger partial charge on any atom is -0.244 e. The van der Waals surface area contributed by atoms with Crippen LogP contribution in [0.1, 0.15) is 30.9 Å². The molecule has 74 valence electrons. The molecule has 15 heavy (non-hydrogen) atoms. The maximum Gasteiger partial charge on any atom is 0.158 e. The number of nitriles is 1. The topological polar surface area (TPSA) is 54.5 Å². The summed E-state index contributed by atoms with van der Waals surface area (Å²) in [5.41, 5.74) is 1.49. The Hall–Kier alpha value is -1.89. The second-order valence-electron chi connectivity index (χ2n) is 3.92. The predicted octanol–water partition coefficient (Wildman–Crippen LogP) is 2.03. The highest BCUT2D eigenvalue weighted by Gasteiger charge is 2.22. The van der Waals surface area contributed by atoms with Crippen LogP contribution < -0.4 is 0 Å². The highest BCUT2D eigenvalue weighted by Crippen LogP contribution is 2.32. The van der Waals surface area contributed by atoms with E-state index in [1.165, 1.54) is 19.3 Å². The first kappa shape index (κ1) is 8.42. The van der Waals surface area contributed by atoms with Gasteiger partial charge >= 0.3 is 0 Å². The van der Waals surface area contributed by atoms with Gasteiger partial charge in [0.05, 0.1) is 17.8 Å². The smallest absolute Gasteiger partial charge is 0.158 e. The summed E-state index contributed by atoms with van der Waals surface area (Å²) in [6, 6.07) is 4.44. The van der Waals surface area contributed by atoms with Crippen molar-refractivity contribution in [1.29, 1.82) is 5.26 Å².